The second-order valence-corrected chi connectivity index (χ2v) is 6.37. The van der Waals surface area contributed by atoms with Gasteiger partial charge < -0.3 is 10.6 Å². The molecule has 1 aliphatic carbocycles. The SMILES string of the molecule is Cc1cc2c(Nc3c(F)cccc3F)cc(C(=O)NC3CC3)nc2cn1. The monoisotopic (exact) mass is 354 g/mol. The van der Waals surface area contributed by atoms with Crippen molar-refractivity contribution >= 4 is 28.2 Å². The van der Waals surface area contributed by atoms with E-state index in [0.717, 1.165) is 18.5 Å². The van der Waals surface area contributed by atoms with E-state index < -0.39 is 11.6 Å². The molecular formula is C19H16F2N4O. The lowest BCUT2D eigenvalue weighted by molar-refractivity contribution is 0.0946. The van der Waals surface area contributed by atoms with Crippen LogP contribution in [-0.2, 0) is 0 Å². The topological polar surface area (TPSA) is 66.9 Å². The van der Waals surface area contributed by atoms with Gasteiger partial charge in [0.15, 0.2) is 0 Å². The number of para-hydroxylation sites is 1. The first-order valence-corrected chi connectivity index (χ1v) is 8.30. The standard InChI is InChI=1S/C19H16F2N4O/c1-10-7-12-15(25-18-13(20)3-2-4-14(18)21)8-16(24-17(12)9-22-10)19(26)23-11-5-6-11/h2-4,7-9,11H,5-6H2,1H3,(H,23,26)(H,24,25). The zero-order valence-electron chi connectivity index (χ0n) is 14.0. The predicted octanol–water partition coefficient (Wildman–Crippen LogP) is 3.85. The molecule has 132 valence electrons. The Labute approximate surface area is 148 Å². The van der Waals surface area contributed by atoms with E-state index in [1.807, 2.05) is 0 Å². The van der Waals surface area contributed by atoms with Crippen LogP contribution in [0.25, 0.3) is 10.9 Å². The summed E-state index contributed by atoms with van der Waals surface area (Å²) in [5.74, 6) is -1.75. The van der Waals surface area contributed by atoms with Crippen LogP contribution < -0.4 is 10.6 Å². The maximum atomic E-state index is 14.0. The summed E-state index contributed by atoms with van der Waals surface area (Å²) in [6, 6.07) is 7.07. The molecule has 0 radical (unpaired) electrons. The Kier molecular flexibility index (Phi) is 3.99. The summed E-state index contributed by atoms with van der Waals surface area (Å²) in [5, 5.41) is 6.27. The van der Waals surface area contributed by atoms with Crippen molar-refractivity contribution in [1.82, 2.24) is 15.3 Å². The van der Waals surface area contributed by atoms with Crippen LogP contribution in [0.2, 0.25) is 0 Å². The Morgan fingerprint density at radius 2 is 1.92 bits per heavy atom. The first-order chi connectivity index (χ1) is 12.5. The van der Waals surface area contributed by atoms with Crippen LogP contribution in [0.4, 0.5) is 20.2 Å². The van der Waals surface area contributed by atoms with Crippen LogP contribution in [0.3, 0.4) is 0 Å². The van der Waals surface area contributed by atoms with Gasteiger partial charge >= 0.3 is 0 Å². The lowest BCUT2D eigenvalue weighted by Gasteiger charge is -2.13. The third-order valence-electron chi connectivity index (χ3n) is 4.20. The molecule has 0 saturated heterocycles. The van der Waals surface area contributed by atoms with E-state index in [1.165, 1.54) is 24.3 Å². The van der Waals surface area contributed by atoms with Gasteiger partial charge in [0.2, 0.25) is 0 Å². The smallest absolute Gasteiger partial charge is 0.270 e. The lowest BCUT2D eigenvalue weighted by atomic mass is 10.1. The average molecular weight is 354 g/mol. The van der Waals surface area contributed by atoms with Crippen molar-refractivity contribution in [3.63, 3.8) is 0 Å². The minimum atomic E-state index is -0.718. The molecule has 0 bridgehead atoms. The molecule has 7 heteroatoms. The van der Waals surface area contributed by atoms with Gasteiger partial charge in [-0.15, -0.1) is 0 Å². The van der Waals surface area contributed by atoms with E-state index >= 15 is 0 Å². The maximum absolute atomic E-state index is 14.0. The number of aryl methyl sites for hydroxylation is 1. The summed E-state index contributed by atoms with van der Waals surface area (Å²) in [6.45, 7) is 1.81. The number of halogens is 2. The van der Waals surface area contributed by atoms with E-state index in [1.54, 1.807) is 19.2 Å². The van der Waals surface area contributed by atoms with Crippen molar-refractivity contribution in [1.29, 1.82) is 0 Å². The zero-order chi connectivity index (χ0) is 18.3. The van der Waals surface area contributed by atoms with E-state index in [9.17, 15) is 13.6 Å². The van der Waals surface area contributed by atoms with Crippen LogP contribution in [-0.4, -0.2) is 21.9 Å². The number of nitrogens with one attached hydrogen (secondary N) is 2. The third kappa shape index (κ3) is 3.20. The second-order valence-electron chi connectivity index (χ2n) is 6.37. The van der Waals surface area contributed by atoms with Crippen LogP contribution >= 0.6 is 0 Å². The Hall–Kier alpha value is -3.09. The molecule has 0 aliphatic heterocycles. The first kappa shape index (κ1) is 16.4. The third-order valence-corrected chi connectivity index (χ3v) is 4.20. The fourth-order valence-electron chi connectivity index (χ4n) is 2.69. The summed E-state index contributed by atoms with van der Waals surface area (Å²) in [5.41, 5.74) is 1.49. The molecule has 1 fully saturated rings. The normalized spacial score (nSPS) is 13.7. The fourth-order valence-corrected chi connectivity index (χ4v) is 2.69. The number of pyridine rings is 2. The Balaban J connectivity index is 1.82. The highest BCUT2D eigenvalue weighted by atomic mass is 19.1. The molecule has 0 unspecified atom stereocenters. The van der Waals surface area contributed by atoms with Gasteiger partial charge in [0.1, 0.15) is 23.0 Å². The highest BCUT2D eigenvalue weighted by Crippen LogP contribution is 2.30. The Morgan fingerprint density at radius 1 is 1.19 bits per heavy atom. The van der Waals surface area contributed by atoms with Crippen molar-refractivity contribution in [3.05, 3.63) is 59.6 Å². The number of carbonyl (C=O) groups is 1. The van der Waals surface area contributed by atoms with Gasteiger partial charge in [0.25, 0.3) is 5.91 Å². The van der Waals surface area contributed by atoms with Gasteiger partial charge in [-0.2, -0.15) is 0 Å². The summed E-state index contributed by atoms with van der Waals surface area (Å²) in [6.07, 6.45) is 3.44. The lowest BCUT2D eigenvalue weighted by Crippen LogP contribution is -2.26. The van der Waals surface area contributed by atoms with Crippen LogP contribution in [0.15, 0.2) is 36.5 Å². The number of rotatable bonds is 4. The number of nitrogens with zero attached hydrogens (tertiary/aromatic N) is 2. The van der Waals surface area contributed by atoms with Crippen molar-refractivity contribution in [2.24, 2.45) is 0 Å². The molecule has 2 aromatic heterocycles. The van der Waals surface area contributed by atoms with E-state index in [0.29, 0.717) is 16.6 Å². The first-order valence-electron chi connectivity index (χ1n) is 8.30. The number of hydrogen-bond donors (Lipinski definition) is 2. The van der Waals surface area contributed by atoms with Crippen molar-refractivity contribution in [3.8, 4) is 0 Å². The number of benzene rings is 1. The number of anilines is 2. The molecule has 2 heterocycles. The van der Waals surface area contributed by atoms with E-state index in [-0.39, 0.29) is 23.3 Å². The largest absolute Gasteiger partial charge is 0.350 e. The molecule has 2 N–H and O–H groups in total. The highest BCUT2D eigenvalue weighted by molar-refractivity contribution is 6.00. The molecule has 1 saturated carbocycles. The van der Waals surface area contributed by atoms with Gasteiger partial charge in [-0.1, -0.05) is 6.07 Å². The van der Waals surface area contributed by atoms with E-state index in [4.69, 9.17) is 0 Å². The van der Waals surface area contributed by atoms with Crippen LogP contribution in [0.1, 0.15) is 29.0 Å². The van der Waals surface area contributed by atoms with Gasteiger partial charge in [-0.3, -0.25) is 9.78 Å². The van der Waals surface area contributed by atoms with Gasteiger partial charge in [0, 0.05) is 17.1 Å². The molecule has 1 amide bonds. The molecule has 1 aromatic carbocycles. The molecule has 5 nitrogen and oxygen atoms in total. The molecule has 1 aliphatic rings. The van der Waals surface area contributed by atoms with Crippen molar-refractivity contribution < 1.29 is 13.6 Å². The Morgan fingerprint density at radius 3 is 2.62 bits per heavy atom. The number of hydrogen-bond acceptors (Lipinski definition) is 4. The number of amides is 1. The molecular weight excluding hydrogens is 338 g/mol. The molecule has 0 atom stereocenters. The number of fused-ring (bicyclic) bond motifs is 1. The summed E-state index contributed by atoms with van der Waals surface area (Å²) in [4.78, 5) is 20.9. The zero-order valence-corrected chi connectivity index (χ0v) is 14.0. The second kappa shape index (κ2) is 6.33. The van der Waals surface area contributed by atoms with Gasteiger partial charge in [0.05, 0.1) is 17.4 Å². The average Bonchev–Trinajstić information content (AvgIpc) is 3.42. The minimum absolute atomic E-state index is 0.175. The summed E-state index contributed by atoms with van der Waals surface area (Å²) < 4.78 is 28.1. The quantitative estimate of drug-likeness (QED) is 0.747. The van der Waals surface area contributed by atoms with Gasteiger partial charge in [-0.25, -0.2) is 13.8 Å². The van der Waals surface area contributed by atoms with E-state index in [2.05, 4.69) is 20.6 Å². The van der Waals surface area contributed by atoms with Gasteiger partial charge in [-0.05, 0) is 44.0 Å². The summed E-state index contributed by atoms with van der Waals surface area (Å²) in [7, 11) is 0. The number of aromatic nitrogens is 2. The van der Waals surface area contributed by atoms with Crippen LogP contribution in [0, 0.1) is 18.6 Å². The molecule has 0 spiro atoms. The minimum Gasteiger partial charge on any atom is -0.350 e. The van der Waals surface area contributed by atoms with Crippen LogP contribution in [0.5, 0.6) is 0 Å². The van der Waals surface area contributed by atoms with Crippen molar-refractivity contribution in [2.75, 3.05) is 5.32 Å². The fraction of sp³-hybridized carbons (Fsp3) is 0.211. The summed E-state index contributed by atoms with van der Waals surface area (Å²) >= 11 is 0. The Bertz CT molecular complexity index is 998. The molecule has 3 aromatic rings. The molecule has 4 rings (SSSR count). The predicted molar refractivity (Wildman–Crippen MR) is 94.4 cm³/mol. The van der Waals surface area contributed by atoms with Crippen molar-refractivity contribution in [2.45, 2.75) is 25.8 Å². The number of carbonyl (C=O) groups excluding carboxylic acids is 1. The highest BCUT2D eigenvalue weighted by Gasteiger charge is 2.25. The molecule has 26 heavy (non-hydrogen) atoms. The maximum Gasteiger partial charge on any atom is 0.270 e.